The molecule has 0 aliphatic heterocycles. The van der Waals surface area contributed by atoms with Crippen molar-refractivity contribution in [2.24, 2.45) is 0 Å². The minimum atomic E-state index is -0.134. The molecular formula is C15H17N3O2S. The van der Waals surface area contributed by atoms with Gasteiger partial charge in [0.2, 0.25) is 5.91 Å². The number of nitrogens with zero attached hydrogens (tertiary/aromatic N) is 1. The van der Waals surface area contributed by atoms with Crippen LogP contribution in [0, 0.1) is 6.92 Å². The quantitative estimate of drug-likeness (QED) is 0.856. The van der Waals surface area contributed by atoms with Crippen LogP contribution in [0.1, 0.15) is 26.7 Å². The Morgan fingerprint density at radius 3 is 2.71 bits per heavy atom. The maximum absolute atomic E-state index is 11.8. The number of amides is 2. The lowest BCUT2D eigenvalue weighted by Crippen LogP contribution is -2.30. The number of aryl methyl sites for hydroxylation is 1. The van der Waals surface area contributed by atoms with Gasteiger partial charge in [-0.2, -0.15) is 0 Å². The fraction of sp³-hybridized carbons (Fsp3) is 0.267. The average Bonchev–Trinajstić information content (AvgIpc) is 2.93. The normalized spacial score (nSPS) is 10.1. The van der Waals surface area contributed by atoms with Crippen molar-refractivity contribution >= 4 is 23.2 Å². The molecule has 0 aromatic carbocycles. The Kier molecular flexibility index (Phi) is 5.45. The van der Waals surface area contributed by atoms with Gasteiger partial charge < -0.3 is 10.6 Å². The van der Waals surface area contributed by atoms with E-state index in [1.54, 1.807) is 12.3 Å². The highest BCUT2D eigenvalue weighted by Crippen LogP contribution is 2.14. The van der Waals surface area contributed by atoms with E-state index in [9.17, 15) is 9.59 Å². The molecule has 0 saturated heterocycles. The number of hydrogen-bond acceptors (Lipinski definition) is 4. The molecule has 2 rings (SSSR count). The van der Waals surface area contributed by atoms with E-state index >= 15 is 0 Å². The zero-order chi connectivity index (χ0) is 15.1. The minimum Gasteiger partial charge on any atom is -0.351 e. The molecular weight excluding hydrogens is 286 g/mol. The van der Waals surface area contributed by atoms with Crippen molar-refractivity contribution in [2.45, 2.75) is 19.9 Å². The summed E-state index contributed by atoms with van der Waals surface area (Å²) in [4.78, 5) is 29.3. The van der Waals surface area contributed by atoms with Gasteiger partial charge in [0.25, 0.3) is 5.91 Å². The third kappa shape index (κ3) is 5.00. The Morgan fingerprint density at radius 1 is 1.19 bits per heavy atom. The van der Waals surface area contributed by atoms with Crippen molar-refractivity contribution in [3.8, 4) is 0 Å². The maximum atomic E-state index is 11.8. The van der Waals surface area contributed by atoms with E-state index in [1.807, 2.05) is 31.2 Å². The second-order valence-electron chi connectivity index (χ2n) is 4.51. The van der Waals surface area contributed by atoms with Crippen LogP contribution in [0.2, 0.25) is 0 Å². The number of thiophene rings is 1. The Hall–Kier alpha value is -2.21. The second-order valence-corrected chi connectivity index (χ2v) is 5.80. The van der Waals surface area contributed by atoms with Crippen LogP contribution in [0.3, 0.4) is 0 Å². The summed E-state index contributed by atoms with van der Waals surface area (Å²) in [5.74, 6) is -0.242. The lowest BCUT2D eigenvalue weighted by Gasteiger charge is -2.05. The summed E-state index contributed by atoms with van der Waals surface area (Å²) in [6.45, 7) is 2.67. The molecule has 0 spiro atoms. The molecule has 21 heavy (non-hydrogen) atoms. The largest absolute Gasteiger partial charge is 0.351 e. The van der Waals surface area contributed by atoms with Crippen LogP contribution in [0.25, 0.3) is 0 Å². The number of pyridine rings is 1. The molecule has 5 nitrogen and oxygen atoms in total. The molecule has 2 aromatic rings. The van der Waals surface area contributed by atoms with Crippen LogP contribution in [0.4, 0.5) is 0 Å². The zero-order valence-corrected chi connectivity index (χ0v) is 12.6. The molecule has 110 valence electrons. The first-order valence-corrected chi connectivity index (χ1v) is 7.48. The predicted molar refractivity (Wildman–Crippen MR) is 82.1 cm³/mol. The fourth-order valence-corrected chi connectivity index (χ4v) is 2.50. The molecule has 2 amide bonds. The molecule has 0 radical (unpaired) electrons. The molecule has 0 aliphatic carbocycles. The Balaban J connectivity index is 1.66. The Labute approximate surface area is 127 Å². The molecule has 2 heterocycles. The molecule has 0 fully saturated rings. The van der Waals surface area contributed by atoms with Gasteiger partial charge in [0.15, 0.2) is 0 Å². The van der Waals surface area contributed by atoms with E-state index in [2.05, 4.69) is 15.6 Å². The van der Waals surface area contributed by atoms with Crippen molar-refractivity contribution in [3.63, 3.8) is 0 Å². The molecule has 0 bridgehead atoms. The van der Waals surface area contributed by atoms with Crippen molar-refractivity contribution in [1.82, 2.24) is 15.6 Å². The number of carbonyl (C=O) groups is 2. The van der Waals surface area contributed by atoms with Gasteiger partial charge in [-0.05, 0) is 31.2 Å². The highest BCUT2D eigenvalue weighted by atomic mass is 32.1. The summed E-state index contributed by atoms with van der Waals surface area (Å²) in [7, 11) is 0. The topological polar surface area (TPSA) is 71.1 Å². The predicted octanol–water partition coefficient (Wildman–Crippen LogP) is 1.89. The standard InChI is InChI=1S/C15H17N3O2S/c1-11-5-6-13(21-11)15(20)17-9-7-14(19)18-10-12-4-2-3-8-16-12/h2-6,8H,7,9-10H2,1H3,(H,17,20)(H,18,19). The monoisotopic (exact) mass is 303 g/mol. The summed E-state index contributed by atoms with van der Waals surface area (Å²) >= 11 is 1.44. The Bertz CT molecular complexity index is 610. The lowest BCUT2D eigenvalue weighted by molar-refractivity contribution is -0.121. The smallest absolute Gasteiger partial charge is 0.261 e. The van der Waals surface area contributed by atoms with Gasteiger partial charge in [0, 0.05) is 24.0 Å². The van der Waals surface area contributed by atoms with E-state index < -0.39 is 0 Å². The van der Waals surface area contributed by atoms with Crippen molar-refractivity contribution < 1.29 is 9.59 Å². The van der Waals surface area contributed by atoms with Gasteiger partial charge in [-0.15, -0.1) is 11.3 Å². The first-order valence-electron chi connectivity index (χ1n) is 6.66. The van der Waals surface area contributed by atoms with Crippen LogP contribution < -0.4 is 10.6 Å². The van der Waals surface area contributed by atoms with E-state index in [-0.39, 0.29) is 18.2 Å². The maximum Gasteiger partial charge on any atom is 0.261 e. The summed E-state index contributed by atoms with van der Waals surface area (Å²) in [6.07, 6.45) is 1.94. The molecule has 2 aromatic heterocycles. The molecule has 0 unspecified atom stereocenters. The number of nitrogens with one attached hydrogen (secondary N) is 2. The van der Waals surface area contributed by atoms with Crippen LogP contribution >= 0.6 is 11.3 Å². The third-order valence-corrected chi connectivity index (χ3v) is 3.79. The molecule has 0 aliphatic rings. The van der Waals surface area contributed by atoms with Gasteiger partial charge >= 0.3 is 0 Å². The number of carbonyl (C=O) groups excluding carboxylic acids is 2. The van der Waals surface area contributed by atoms with Gasteiger partial charge in [-0.1, -0.05) is 6.07 Å². The zero-order valence-electron chi connectivity index (χ0n) is 11.8. The van der Waals surface area contributed by atoms with Gasteiger partial charge in [0.05, 0.1) is 17.1 Å². The third-order valence-electron chi connectivity index (χ3n) is 2.79. The molecule has 0 atom stereocenters. The van der Waals surface area contributed by atoms with Crippen molar-refractivity contribution in [3.05, 3.63) is 52.0 Å². The van der Waals surface area contributed by atoms with Crippen molar-refractivity contribution in [2.75, 3.05) is 6.54 Å². The number of aromatic nitrogens is 1. The highest BCUT2D eigenvalue weighted by Gasteiger charge is 2.08. The summed E-state index contributed by atoms with van der Waals surface area (Å²) < 4.78 is 0. The van der Waals surface area contributed by atoms with E-state index in [0.717, 1.165) is 10.6 Å². The van der Waals surface area contributed by atoms with Gasteiger partial charge in [-0.3, -0.25) is 14.6 Å². The van der Waals surface area contributed by atoms with E-state index in [4.69, 9.17) is 0 Å². The van der Waals surface area contributed by atoms with Crippen LogP contribution in [-0.2, 0) is 11.3 Å². The molecule has 2 N–H and O–H groups in total. The van der Waals surface area contributed by atoms with Crippen molar-refractivity contribution in [1.29, 1.82) is 0 Å². The summed E-state index contributed by atoms with van der Waals surface area (Å²) in [5, 5.41) is 5.50. The lowest BCUT2D eigenvalue weighted by atomic mass is 10.3. The first kappa shape index (κ1) is 15.2. The van der Waals surface area contributed by atoms with E-state index in [0.29, 0.717) is 18.0 Å². The fourth-order valence-electron chi connectivity index (χ4n) is 1.71. The molecule has 0 saturated carbocycles. The summed E-state index contributed by atoms with van der Waals surface area (Å²) in [6, 6.07) is 9.24. The van der Waals surface area contributed by atoms with Gasteiger partial charge in [-0.25, -0.2) is 0 Å². The highest BCUT2D eigenvalue weighted by molar-refractivity contribution is 7.13. The van der Waals surface area contributed by atoms with Gasteiger partial charge in [0.1, 0.15) is 0 Å². The average molecular weight is 303 g/mol. The van der Waals surface area contributed by atoms with Crippen LogP contribution in [0.15, 0.2) is 36.5 Å². The number of hydrogen-bond donors (Lipinski definition) is 2. The summed E-state index contributed by atoms with van der Waals surface area (Å²) in [5.41, 5.74) is 0.809. The Morgan fingerprint density at radius 2 is 2.05 bits per heavy atom. The molecule has 6 heteroatoms. The van der Waals surface area contributed by atoms with E-state index in [1.165, 1.54) is 11.3 Å². The first-order chi connectivity index (χ1) is 10.1. The number of rotatable bonds is 6. The SMILES string of the molecule is Cc1ccc(C(=O)NCCC(=O)NCc2ccccn2)s1. The van der Waals surface area contributed by atoms with Crippen LogP contribution in [0.5, 0.6) is 0 Å². The second kappa shape index (κ2) is 7.54. The van der Waals surface area contributed by atoms with Crippen LogP contribution in [-0.4, -0.2) is 23.3 Å². The minimum absolute atomic E-state index is 0.108.